The summed E-state index contributed by atoms with van der Waals surface area (Å²) in [5, 5.41) is 0. The fraction of sp³-hybridized carbons (Fsp3) is 0.714. The molecule has 2 saturated heterocycles. The van der Waals surface area contributed by atoms with Gasteiger partial charge in [0.2, 0.25) is 0 Å². The van der Waals surface area contributed by atoms with Gasteiger partial charge in [-0.3, -0.25) is 4.90 Å². The Hall–Kier alpha value is -0.900. The van der Waals surface area contributed by atoms with Gasteiger partial charge < -0.3 is 9.64 Å². The Kier molecular flexibility index (Phi) is 6.70. The van der Waals surface area contributed by atoms with Crippen molar-refractivity contribution in [1.82, 2.24) is 9.80 Å². The summed E-state index contributed by atoms with van der Waals surface area (Å²) in [5.74, 6) is 0.701. The van der Waals surface area contributed by atoms with Crippen LogP contribution >= 0.6 is 0 Å². The fourth-order valence-corrected chi connectivity index (χ4v) is 4.20. The Labute approximate surface area is 148 Å². The zero-order valence-corrected chi connectivity index (χ0v) is 15.5. The van der Waals surface area contributed by atoms with E-state index in [9.17, 15) is 0 Å². The Morgan fingerprint density at radius 2 is 1.79 bits per heavy atom. The molecule has 2 aliphatic rings. The molecule has 3 nitrogen and oxygen atoms in total. The first-order valence-corrected chi connectivity index (χ1v) is 9.87. The molecule has 0 spiro atoms. The quantitative estimate of drug-likeness (QED) is 0.741. The van der Waals surface area contributed by atoms with Gasteiger partial charge in [0.25, 0.3) is 0 Å². The van der Waals surface area contributed by atoms with Crippen LogP contribution in [0.1, 0.15) is 57.6 Å². The van der Waals surface area contributed by atoms with Crippen molar-refractivity contribution in [2.24, 2.45) is 5.92 Å². The molecular weight excluding hydrogens is 296 g/mol. The normalized spacial score (nSPS) is 26.3. The van der Waals surface area contributed by atoms with E-state index in [0.29, 0.717) is 12.0 Å². The molecule has 0 aliphatic carbocycles. The minimum atomic E-state index is 0.239. The zero-order valence-electron chi connectivity index (χ0n) is 15.5. The predicted octanol–water partition coefficient (Wildman–Crippen LogP) is 4.31. The van der Waals surface area contributed by atoms with Crippen LogP contribution in [0.2, 0.25) is 0 Å². The molecule has 3 heteroatoms. The third-order valence-electron chi connectivity index (χ3n) is 5.45. The van der Waals surface area contributed by atoms with Gasteiger partial charge in [0.05, 0.1) is 6.10 Å². The van der Waals surface area contributed by atoms with Crippen molar-refractivity contribution in [2.75, 3.05) is 32.9 Å². The Balaban J connectivity index is 1.55. The average molecular weight is 331 g/mol. The summed E-state index contributed by atoms with van der Waals surface area (Å²) in [7, 11) is 0. The third kappa shape index (κ3) is 4.81. The Morgan fingerprint density at radius 1 is 1.04 bits per heavy atom. The van der Waals surface area contributed by atoms with Crippen LogP contribution in [0.5, 0.6) is 0 Å². The van der Waals surface area contributed by atoms with Gasteiger partial charge >= 0.3 is 0 Å². The molecular formula is C21H34N2O. The smallest absolute Gasteiger partial charge is 0.100 e. The molecule has 2 heterocycles. The van der Waals surface area contributed by atoms with Crippen molar-refractivity contribution in [3.63, 3.8) is 0 Å². The van der Waals surface area contributed by atoms with Crippen LogP contribution < -0.4 is 0 Å². The van der Waals surface area contributed by atoms with E-state index in [2.05, 4.69) is 54.0 Å². The topological polar surface area (TPSA) is 15.7 Å². The summed E-state index contributed by atoms with van der Waals surface area (Å²) < 4.78 is 6.22. The largest absolute Gasteiger partial charge is 0.357 e. The highest BCUT2D eigenvalue weighted by molar-refractivity contribution is 5.20. The summed E-state index contributed by atoms with van der Waals surface area (Å²) in [6.45, 7) is 10.5. The van der Waals surface area contributed by atoms with Crippen molar-refractivity contribution >= 4 is 0 Å². The van der Waals surface area contributed by atoms with E-state index >= 15 is 0 Å². The van der Waals surface area contributed by atoms with Crippen LogP contribution in [0.15, 0.2) is 30.3 Å². The maximum Gasteiger partial charge on any atom is 0.100 e. The number of nitrogens with zero attached hydrogens (tertiary/aromatic N) is 2. The Morgan fingerprint density at radius 3 is 2.50 bits per heavy atom. The molecule has 0 saturated carbocycles. The molecule has 24 heavy (non-hydrogen) atoms. The van der Waals surface area contributed by atoms with Crippen molar-refractivity contribution in [1.29, 1.82) is 0 Å². The molecule has 0 amide bonds. The first-order chi connectivity index (χ1) is 11.7. The number of ether oxygens (including phenoxy) is 1. The van der Waals surface area contributed by atoms with Crippen molar-refractivity contribution in [2.45, 2.75) is 58.1 Å². The van der Waals surface area contributed by atoms with Crippen molar-refractivity contribution in [3.05, 3.63) is 35.9 Å². The summed E-state index contributed by atoms with van der Waals surface area (Å²) in [6.07, 6.45) is 6.91. The summed E-state index contributed by atoms with van der Waals surface area (Å²) in [4.78, 5) is 5.23. The maximum atomic E-state index is 6.22. The lowest BCUT2D eigenvalue weighted by molar-refractivity contribution is 0.0869. The lowest BCUT2D eigenvalue weighted by atomic mass is 9.94. The SMILES string of the molecule is CC(C)C[C@H]1[C@@H](c2ccccc2)OCN1CCCN1CCCCC1. The van der Waals surface area contributed by atoms with Gasteiger partial charge in [-0.15, -0.1) is 0 Å². The van der Waals surface area contributed by atoms with Crippen LogP contribution in [-0.2, 0) is 4.74 Å². The lowest BCUT2D eigenvalue weighted by Gasteiger charge is -2.30. The summed E-state index contributed by atoms with van der Waals surface area (Å²) in [5.41, 5.74) is 1.33. The molecule has 134 valence electrons. The number of piperidine rings is 1. The highest BCUT2D eigenvalue weighted by atomic mass is 16.5. The van der Waals surface area contributed by atoms with E-state index in [1.165, 1.54) is 57.3 Å². The van der Waals surface area contributed by atoms with E-state index in [1.807, 2.05) is 0 Å². The first kappa shape index (κ1) is 17.9. The van der Waals surface area contributed by atoms with Gasteiger partial charge in [0.1, 0.15) is 6.73 Å². The number of likely N-dealkylation sites (tertiary alicyclic amines) is 1. The second-order valence-electron chi connectivity index (χ2n) is 7.89. The number of benzene rings is 1. The lowest BCUT2D eigenvalue weighted by Crippen LogP contribution is -2.37. The number of hydrogen-bond acceptors (Lipinski definition) is 3. The number of hydrogen-bond donors (Lipinski definition) is 0. The highest BCUT2D eigenvalue weighted by Crippen LogP contribution is 2.34. The van der Waals surface area contributed by atoms with E-state index in [0.717, 1.165) is 13.3 Å². The average Bonchev–Trinajstić information content (AvgIpc) is 2.99. The number of rotatable bonds is 7. The van der Waals surface area contributed by atoms with Crippen LogP contribution in [0, 0.1) is 5.92 Å². The molecule has 1 aromatic carbocycles. The predicted molar refractivity (Wildman–Crippen MR) is 100.0 cm³/mol. The van der Waals surface area contributed by atoms with Crippen LogP contribution in [0.3, 0.4) is 0 Å². The summed E-state index contributed by atoms with van der Waals surface area (Å²) >= 11 is 0. The van der Waals surface area contributed by atoms with Crippen LogP contribution in [0.4, 0.5) is 0 Å². The molecule has 2 atom stereocenters. The second kappa shape index (κ2) is 8.98. The van der Waals surface area contributed by atoms with Crippen LogP contribution in [0.25, 0.3) is 0 Å². The highest BCUT2D eigenvalue weighted by Gasteiger charge is 2.35. The summed E-state index contributed by atoms with van der Waals surface area (Å²) in [6, 6.07) is 11.3. The minimum Gasteiger partial charge on any atom is -0.357 e. The van der Waals surface area contributed by atoms with Gasteiger partial charge in [-0.25, -0.2) is 0 Å². The zero-order chi connectivity index (χ0) is 16.8. The molecule has 3 rings (SSSR count). The molecule has 2 fully saturated rings. The van der Waals surface area contributed by atoms with Gasteiger partial charge in [-0.2, -0.15) is 0 Å². The van der Waals surface area contributed by atoms with Gasteiger partial charge in [0.15, 0.2) is 0 Å². The van der Waals surface area contributed by atoms with E-state index < -0.39 is 0 Å². The van der Waals surface area contributed by atoms with Crippen LogP contribution in [-0.4, -0.2) is 48.8 Å². The molecule has 0 unspecified atom stereocenters. The minimum absolute atomic E-state index is 0.239. The first-order valence-electron chi connectivity index (χ1n) is 9.87. The van der Waals surface area contributed by atoms with E-state index in [4.69, 9.17) is 4.74 Å². The molecule has 1 aromatic rings. The molecule has 2 aliphatic heterocycles. The molecule has 0 N–H and O–H groups in total. The van der Waals surface area contributed by atoms with Crippen molar-refractivity contribution in [3.8, 4) is 0 Å². The molecule has 0 bridgehead atoms. The van der Waals surface area contributed by atoms with Crippen molar-refractivity contribution < 1.29 is 4.74 Å². The maximum absolute atomic E-state index is 6.22. The van der Waals surface area contributed by atoms with Gasteiger partial charge in [-0.1, -0.05) is 50.6 Å². The van der Waals surface area contributed by atoms with E-state index in [1.54, 1.807) is 0 Å². The third-order valence-corrected chi connectivity index (χ3v) is 5.45. The van der Waals surface area contributed by atoms with Gasteiger partial charge in [-0.05, 0) is 56.8 Å². The standard InChI is InChI=1S/C21H34N2O/c1-18(2)16-20-21(19-10-5-3-6-11-19)24-17-23(20)15-9-14-22-12-7-4-8-13-22/h3,5-6,10-11,18,20-21H,4,7-9,12-17H2,1-2H3/t20-,21+/m0/s1. The monoisotopic (exact) mass is 330 g/mol. The molecule has 0 aromatic heterocycles. The fourth-order valence-electron chi connectivity index (χ4n) is 4.20. The van der Waals surface area contributed by atoms with Gasteiger partial charge in [0, 0.05) is 12.6 Å². The van der Waals surface area contributed by atoms with E-state index in [-0.39, 0.29) is 6.10 Å². The molecule has 0 radical (unpaired) electrons. The second-order valence-corrected chi connectivity index (χ2v) is 7.89. The Bertz CT molecular complexity index is 470.